The quantitative estimate of drug-likeness (QED) is 0.527. The number of hydrogen-bond donors (Lipinski definition) is 2. The Hall–Kier alpha value is -1.79. The average Bonchev–Trinajstić information content (AvgIpc) is 2.46. The molecule has 1 aliphatic rings. The van der Waals surface area contributed by atoms with Gasteiger partial charge in [-0.25, -0.2) is 4.79 Å². The van der Waals surface area contributed by atoms with Gasteiger partial charge in [-0.3, -0.25) is 9.59 Å². The molecule has 0 radical (unpaired) electrons. The molecular formula is C15H25NO6. The highest BCUT2D eigenvalue weighted by Gasteiger charge is 2.34. The summed E-state index contributed by atoms with van der Waals surface area (Å²) in [5.74, 6) is -1.27. The Balaban J connectivity index is 2.33. The van der Waals surface area contributed by atoms with Crippen LogP contribution < -0.4 is 5.32 Å². The molecule has 0 atom stereocenters. The van der Waals surface area contributed by atoms with Gasteiger partial charge in [-0.05, 0) is 24.7 Å². The molecule has 0 aromatic carbocycles. The van der Waals surface area contributed by atoms with Gasteiger partial charge in [-0.2, -0.15) is 0 Å². The lowest BCUT2D eigenvalue weighted by Gasteiger charge is -2.36. The van der Waals surface area contributed by atoms with Crippen LogP contribution in [-0.4, -0.2) is 36.5 Å². The van der Waals surface area contributed by atoms with E-state index in [1.54, 1.807) is 0 Å². The van der Waals surface area contributed by atoms with Crippen LogP contribution in [0.15, 0.2) is 0 Å². The van der Waals surface area contributed by atoms with Crippen molar-refractivity contribution in [3.05, 3.63) is 0 Å². The minimum Gasteiger partial charge on any atom is -0.481 e. The van der Waals surface area contributed by atoms with Crippen molar-refractivity contribution in [2.45, 2.75) is 58.3 Å². The zero-order chi connectivity index (χ0) is 16.4. The summed E-state index contributed by atoms with van der Waals surface area (Å²) in [6.45, 7) is 1.69. The molecule has 2 N–H and O–H groups in total. The Morgan fingerprint density at radius 1 is 1.14 bits per heavy atom. The van der Waals surface area contributed by atoms with Crippen molar-refractivity contribution in [3.63, 3.8) is 0 Å². The van der Waals surface area contributed by atoms with Gasteiger partial charge in [-0.1, -0.05) is 26.2 Å². The third-order valence-electron chi connectivity index (χ3n) is 3.91. The summed E-state index contributed by atoms with van der Waals surface area (Å²) in [5, 5.41) is 11.6. The number of esters is 1. The second-order valence-electron chi connectivity index (χ2n) is 5.80. The minimum absolute atomic E-state index is 0.0404. The first-order valence-electron chi connectivity index (χ1n) is 7.75. The van der Waals surface area contributed by atoms with Gasteiger partial charge >= 0.3 is 18.0 Å². The van der Waals surface area contributed by atoms with Gasteiger partial charge in [0.15, 0.2) is 0 Å². The lowest BCUT2D eigenvalue weighted by atomic mass is 9.72. The molecule has 0 saturated heterocycles. The molecule has 126 valence electrons. The summed E-state index contributed by atoms with van der Waals surface area (Å²) < 4.78 is 9.48. The summed E-state index contributed by atoms with van der Waals surface area (Å²) in [6.07, 6.45) is 4.90. The van der Waals surface area contributed by atoms with Crippen LogP contribution >= 0.6 is 0 Å². The van der Waals surface area contributed by atoms with Crippen LogP contribution in [0.1, 0.15) is 58.3 Å². The third-order valence-corrected chi connectivity index (χ3v) is 3.91. The van der Waals surface area contributed by atoms with Crippen molar-refractivity contribution in [1.82, 2.24) is 5.32 Å². The first-order chi connectivity index (χ1) is 10.5. The van der Waals surface area contributed by atoms with Crippen LogP contribution in [0.3, 0.4) is 0 Å². The number of carbonyl (C=O) groups is 3. The van der Waals surface area contributed by atoms with Crippen LogP contribution in [-0.2, 0) is 19.1 Å². The van der Waals surface area contributed by atoms with Gasteiger partial charge in [0.05, 0.1) is 6.42 Å². The van der Waals surface area contributed by atoms with Crippen LogP contribution in [0.4, 0.5) is 4.79 Å². The molecule has 0 aromatic rings. The van der Waals surface area contributed by atoms with E-state index in [0.717, 1.165) is 32.1 Å². The fourth-order valence-corrected chi connectivity index (χ4v) is 2.77. The zero-order valence-electron chi connectivity index (χ0n) is 13.1. The first kappa shape index (κ1) is 18.3. The number of carboxylic acid groups (broad SMARTS) is 1. The molecule has 0 bridgehead atoms. The molecule has 22 heavy (non-hydrogen) atoms. The Labute approximate surface area is 130 Å². The van der Waals surface area contributed by atoms with E-state index in [0.29, 0.717) is 6.42 Å². The molecule has 7 nitrogen and oxygen atoms in total. The predicted octanol–water partition coefficient (Wildman–Crippen LogP) is 2.44. The van der Waals surface area contributed by atoms with Crippen LogP contribution in [0, 0.1) is 5.41 Å². The van der Waals surface area contributed by atoms with Crippen molar-refractivity contribution in [2.75, 3.05) is 13.3 Å². The Kier molecular flexibility index (Phi) is 7.70. The fourth-order valence-electron chi connectivity index (χ4n) is 2.77. The number of amides is 1. The Morgan fingerprint density at radius 2 is 1.82 bits per heavy atom. The van der Waals surface area contributed by atoms with Crippen molar-refractivity contribution in [2.24, 2.45) is 5.41 Å². The molecule has 0 heterocycles. The molecule has 0 unspecified atom stereocenters. The smallest absolute Gasteiger partial charge is 0.410 e. The number of ether oxygens (including phenoxy) is 2. The highest BCUT2D eigenvalue weighted by Crippen LogP contribution is 2.38. The summed E-state index contributed by atoms with van der Waals surface area (Å²) in [7, 11) is 0. The molecule has 7 heteroatoms. The summed E-state index contributed by atoms with van der Waals surface area (Å²) in [6, 6.07) is 0. The molecule has 0 aliphatic heterocycles. The largest absolute Gasteiger partial charge is 0.481 e. The number of hydrogen-bond acceptors (Lipinski definition) is 5. The van der Waals surface area contributed by atoms with Crippen molar-refractivity contribution < 1.29 is 29.0 Å². The van der Waals surface area contributed by atoms with Gasteiger partial charge in [0.25, 0.3) is 0 Å². The average molecular weight is 315 g/mol. The van der Waals surface area contributed by atoms with Gasteiger partial charge in [0.1, 0.15) is 0 Å². The molecule has 1 aliphatic carbocycles. The maximum absolute atomic E-state index is 11.6. The van der Waals surface area contributed by atoms with Gasteiger partial charge in [0.2, 0.25) is 6.79 Å². The number of carboxylic acids is 1. The highest BCUT2D eigenvalue weighted by atomic mass is 16.7. The molecule has 1 amide bonds. The second-order valence-corrected chi connectivity index (χ2v) is 5.80. The maximum Gasteiger partial charge on any atom is 0.410 e. The van der Waals surface area contributed by atoms with E-state index in [2.05, 4.69) is 5.32 Å². The summed E-state index contributed by atoms with van der Waals surface area (Å²) in [5.41, 5.74) is -0.401. The van der Waals surface area contributed by atoms with E-state index in [-0.39, 0.29) is 19.4 Å². The van der Waals surface area contributed by atoms with E-state index in [1.165, 1.54) is 0 Å². The molecule has 1 saturated carbocycles. The standard InChI is InChI=1S/C15H25NO6/c1-2-6-13(19)21-11-22-14(20)16-10-15(9-12(17)18)7-4-3-5-8-15/h2-11H2,1H3,(H,16,20)(H,17,18). The van der Waals surface area contributed by atoms with E-state index < -0.39 is 30.2 Å². The molecular weight excluding hydrogens is 290 g/mol. The number of carbonyl (C=O) groups excluding carboxylic acids is 2. The fraction of sp³-hybridized carbons (Fsp3) is 0.800. The van der Waals surface area contributed by atoms with Gasteiger partial charge < -0.3 is 19.9 Å². The third kappa shape index (κ3) is 6.78. The zero-order valence-corrected chi connectivity index (χ0v) is 13.1. The van der Waals surface area contributed by atoms with E-state index in [9.17, 15) is 14.4 Å². The number of rotatable bonds is 8. The van der Waals surface area contributed by atoms with Crippen LogP contribution in [0.2, 0.25) is 0 Å². The maximum atomic E-state index is 11.6. The number of alkyl carbamates (subject to hydrolysis) is 1. The lowest BCUT2D eigenvalue weighted by Crippen LogP contribution is -2.40. The highest BCUT2D eigenvalue weighted by molar-refractivity contribution is 5.70. The first-order valence-corrected chi connectivity index (χ1v) is 7.75. The van der Waals surface area contributed by atoms with E-state index in [1.807, 2.05) is 6.92 Å². The number of aliphatic carboxylic acids is 1. The second kappa shape index (κ2) is 9.27. The SMILES string of the molecule is CCCC(=O)OCOC(=O)NCC1(CC(=O)O)CCCCC1. The normalized spacial score (nSPS) is 16.6. The van der Waals surface area contributed by atoms with Gasteiger partial charge in [-0.15, -0.1) is 0 Å². The minimum atomic E-state index is -0.856. The van der Waals surface area contributed by atoms with Crippen molar-refractivity contribution in [3.8, 4) is 0 Å². The van der Waals surface area contributed by atoms with Crippen LogP contribution in [0.5, 0.6) is 0 Å². The lowest BCUT2D eigenvalue weighted by molar-refractivity contribution is -0.152. The van der Waals surface area contributed by atoms with E-state index >= 15 is 0 Å². The van der Waals surface area contributed by atoms with Gasteiger partial charge in [0, 0.05) is 13.0 Å². The monoisotopic (exact) mass is 315 g/mol. The molecule has 1 fully saturated rings. The topological polar surface area (TPSA) is 102 Å². The van der Waals surface area contributed by atoms with Crippen LogP contribution in [0.25, 0.3) is 0 Å². The molecule has 0 aromatic heterocycles. The predicted molar refractivity (Wildman–Crippen MR) is 78.1 cm³/mol. The summed E-state index contributed by atoms with van der Waals surface area (Å²) >= 11 is 0. The Morgan fingerprint density at radius 3 is 2.41 bits per heavy atom. The van der Waals surface area contributed by atoms with Crippen molar-refractivity contribution in [1.29, 1.82) is 0 Å². The number of nitrogens with one attached hydrogen (secondary N) is 1. The molecule has 0 spiro atoms. The Bertz CT molecular complexity index is 389. The summed E-state index contributed by atoms with van der Waals surface area (Å²) in [4.78, 5) is 33.7. The molecule has 1 rings (SSSR count). The van der Waals surface area contributed by atoms with E-state index in [4.69, 9.17) is 14.6 Å². The van der Waals surface area contributed by atoms with Crippen molar-refractivity contribution >= 4 is 18.0 Å².